The van der Waals surface area contributed by atoms with E-state index in [4.69, 9.17) is 32.0 Å². The minimum atomic E-state index is -1.09. The summed E-state index contributed by atoms with van der Waals surface area (Å²) in [4.78, 5) is 11.8. The van der Waals surface area contributed by atoms with Gasteiger partial charge in [-0.25, -0.2) is 4.79 Å². The van der Waals surface area contributed by atoms with Crippen molar-refractivity contribution in [3.8, 4) is 0 Å². The van der Waals surface area contributed by atoms with Gasteiger partial charge in [0.15, 0.2) is 6.04 Å². The number of aliphatic carboxylic acids is 1. The van der Waals surface area contributed by atoms with Gasteiger partial charge < -0.3 is 19.3 Å². The van der Waals surface area contributed by atoms with Gasteiger partial charge in [-0.05, 0) is 42.5 Å². The number of rotatable bonds is 8. The summed E-state index contributed by atoms with van der Waals surface area (Å²) in [5, 5.41) is 13.2. The number of carboxylic acid groups (broad SMARTS) is 1. The Bertz CT molecular complexity index is 894. The number of anilines is 1. The maximum atomic E-state index is 11.8. The molecule has 3 rings (SSSR count). The lowest BCUT2D eigenvalue weighted by Crippen LogP contribution is -2.20. The van der Waals surface area contributed by atoms with Crippen molar-refractivity contribution in [2.45, 2.75) is 17.7 Å². The number of benzene rings is 1. The van der Waals surface area contributed by atoms with Crippen LogP contribution in [-0.4, -0.2) is 11.1 Å². The maximum absolute atomic E-state index is 11.8. The molecule has 0 radical (unpaired) electrons. The van der Waals surface area contributed by atoms with Crippen LogP contribution in [0.4, 0.5) is 5.69 Å². The number of nitrogens with one attached hydrogen (secondary N) is 1. The van der Waals surface area contributed by atoms with E-state index in [-0.39, 0.29) is 11.0 Å². The average Bonchev–Trinajstić information content (AvgIpc) is 3.28. The molecular weight excluding hydrogens is 429 g/mol. The number of hydrogen-bond donors (Lipinski definition) is 3. The Morgan fingerprint density at radius 2 is 1.89 bits per heavy atom. The van der Waals surface area contributed by atoms with Gasteiger partial charge in [0, 0.05) is 22.2 Å². The topological polar surface area (TPSA) is 75.6 Å². The van der Waals surface area contributed by atoms with Gasteiger partial charge >= 0.3 is 5.97 Å². The van der Waals surface area contributed by atoms with Crippen LogP contribution < -0.4 is 5.32 Å². The van der Waals surface area contributed by atoms with Crippen molar-refractivity contribution in [3.05, 3.63) is 76.1 Å². The molecule has 0 fully saturated rings. The van der Waals surface area contributed by atoms with Gasteiger partial charge in [-0.15, -0.1) is 11.7 Å². The monoisotopic (exact) mass is 443 g/mol. The smallest absolute Gasteiger partial charge is 0.334 e. The largest absolute Gasteiger partial charge is 0.479 e. The van der Waals surface area contributed by atoms with Crippen molar-refractivity contribution in [1.29, 1.82) is 0 Å². The summed E-state index contributed by atoms with van der Waals surface area (Å²) in [5.41, 5.74) is 0.480. The molecule has 5 nitrogen and oxygen atoms in total. The van der Waals surface area contributed by atoms with E-state index in [0.29, 0.717) is 27.9 Å². The molecule has 9 heteroatoms. The van der Waals surface area contributed by atoms with E-state index in [1.54, 1.807) is 36.6 Å². The highest BCUT2D eigenvalue weighted by Crippen LogP contribution is 2.37. The Hall–Kier alpha value is -1.67. The minimum Gasteiger partial charge on any atom is -0.479 e. The third-order valence-corrected chi connectivity index (χ3v) is 5.62. The molecule has 0 saturated carbocycles. The third-order valence-electron chi connectivity index (χ3n) is 3.76. The number of carbonyl (C=O) groups is 1. The van der Waals surface area contributed by atoms with Gasteiger partial charge in [-0.2, -0.15) is 0 Å². The average molecular weight is 444 g/mol. The van der Waals surface area contributed by atoms with Crippen molar-refractivity contribution in [2.24, 2.45) is 0 Å². The van der Waals surface area contributed by atoms with E-state index in [2.05, 4.69) is 17.0 Å². The summed E-state index contributed by atoms with van der Waals surface area (Å²) < 4.78 is 11.2. The predicted molar refractivity (Wildman–Crippen MR) is 111 cm³/mol. The van der Waals surface area contributed by atoms with E-state index >= 15 is 0 Å². The minimum absolute atomic E-state index is 0.122. The van der Waals surface area contributed by atoms with Crippen LogP contribution in [0.3, 0.4) is 0 Å². The van der Waals surface area contributed by atoms with E-state index in [9.17, 15) is 9.90 Å². The zero-order valence-corrected chi connectivity index (χ0v) is 17.0. The molecular formula is C18H15Cl2NO4S2. The molecule has 0 aliphatic rings. The van der Waals surface area contributed by atoms with Gasteiger partial charge in [0.2, 0.25) is 0 Å². The van der Waals surface area contributed by atoms with Crippen LogP contribution in [0.2, 0.25) is 10.0 Å². The lowest BCUT2D eigenvalue weighted by molar-refractivity contribution is -0.138. The fraction of sp³-hybridized carbons (Fsp3) is 0.167. The Morgan fingerprint density at radius 3 is 2.48 bits per heavy atom. The molecule has 3 aromatic rings. The highest BCUT2D eigenvalue weighted by molar-refractivity contribution is 8.68. The standard InChI is InChI=1S/C18H15Cl2NO4S2/c19-10-6-11(20)8-12(7-10)21-17(18(22)23)15-4-3-14(25-15)16(27-26)9-13-2-1-5-24-13/h1-8,16-17,21,26H,9H2,(H,22,23). The van der Waals surface area contributed by atoms with E-state index in [0.717, 1.165) is 5.76 Å². The molecule has 1 aromatic carbocycles. The van der Waals surface area contributed by atoms with Crippen LogP contribution in [0.15, 0.2) is 57.6 Å². The molecule has 142 valence electrons. The molecule has 2 heterocycles. The van der Waals surface area contributed by atoms with Crippen LogP contribution in [-0.2, 0) is 11.2 Å². The lowest BCUT2D eigenvalue weighted by Gasteiger charge is -2.15. The second kappa shape index (κ2) is 9.01. The van der Waals surface area contributed by atoms with Crippen LogP contribution >= 0.6 is 45.7 Å². The molecule has 2 atom stereocenters. The van der Waals surface area contributed by atoms with Crippen LogP contribution in [0.5, 0.6) is 0 Å². The van der Waals surface area contributed by atoms with Crippen LogP contribution in [0.25, 0.3) is 0 Å². The molecule has 0 spiro atoms. The molecule has 0 aliphatic carbocycles. The molecule has 2 unspecified atom stereocenters. The van der Waals surface area contributed by atoms with Crippen molar-refractivity contribution >= 4 is 57.3 Å². The first-order chi connectivity index (χ1) is 13.0. The summed E-state index contributed by atoms with van der Waals surface area (Å²) in [5.74, 6) is 0.577. The van der Waals surface area contributed by atoms with Crippen molar-refractivity contribution in [2.75, 3.05) is 5.32 Å². The Balaban J connectivity index is 1.81. The summed E-state index contributed by atoms with van der Waals surface area (Å²) in [6, 6.07) is 10.7. The second-order valence-corrected chi connectivity index (χ2v) is 7.98. The molecule has 2 N–H and O–H groups in total. The van der Waals surface area contributed by atoms with Crippen LogP contribution in [0.1, 0.15) is 28.6 Å². The molecule has 27 heavy (non-hydrogen) atoms. The first-order valence-electron chi connectivity index (χ1n) is 7.84. The summed E-state index contributed by atoms with van der Waals surface area (Å²) in [7, 11) is 1.30. The van der Waals surface area contributed by atoms with Gasteiger partial charge in [0.1, 0.15) is 17.3 Å². The SMILES string of the molecule is O=C(O)C(Nc1cc(Cl)cc(Cl)c1)c1ccc(C(Cc2ccco2)SS)o1. The van der Waals surface area contributed by atoms with Gasteiger partial charge in [-0.1, -0.05) is 34.0 Å². The van der Waals surface area contributed by atoms with Gasteiger partial charge in [0.25, 0.3) is 0 Å². The Kier molecular flexibility index (Phi) is 6.70. The molecule has 2 aromatic heterocycles. The molecule has 0 saturated heterocycles. The Labute approximate surface area is 174 Å². The number of thiol groups is 1. The van der Waals surface area contributed by atoms with Gasteiger partial charge in [0.05, 0.1) is 11.5 Å². The highest BCUT2D eigenvalue weighted by atomic mass is 35.5. The van der Waals surface area contributed by atoms with E-state index < -0.39 is 12.0 Å². The zero-order valence-electron chi connectivity index (χ0n) is 13.8. The predicted octanol–water partition coefficient (Wildman–Crippen LogP) is 6.28. The number of hydrogen-bond acceptors (Lipinski definition) is 6. The van der Waals surface area contributed by atoms with Crippen molar-refractivity contribution < 1.29 is 18.7 Å². The number of carboxylic acids is 1. The molecule has 0 bridgehead atoms. The normalized spacial score (nSPS) is 13.3. The molecule has 0 amide bonds. The first-order valence-corrected chi connectivity index (χ1v) is 10.5. The summed E-state index contributed by atoms with van der Waals surface area (Å²) in [6.07, 6.45) is 2.17. The quantitative estimate of drug-likeness (QED) is 0.281. The lowest BCUT2D eigenvalue weighted by atomic mass is 10.2. The zero-order chi connectivity index (χ0) is 19.4. The van der Waals surface area contributed by atoms with Crippen molar-refractivity contribution in [1.82, 2.24) is 0 Å². The second-order valence-electron chi connectivity index (χ2n) is 5.69. The molecule has 0 aliphatic heterocycles. The highest BCUT2D eigenvalue weighted by Gasteiger charge is 2.26. The first kappa shape index (κ1) is 20.1. The summed E-state index contributed by atoms with van der Waals surface area (Å²) in [6.45, 7) is 0. The Morgan fingerprint density at radius 1 is 1.19 bits per heavy atom. The number of furan rings is 2. The fourth-order valence-electron chi connectivity index (χ4n) is 2.56. The van der Waals surface area contributed by atoms with Crippen LogP contribution in [0, 0.1) is 0 Å². The third kappa shape index (κ3) is 5.19. The maximum Gasteiger partial charge on any atom is 0.334 e. The fourth-order valence-corrected chi connectivity index (χ4v) is 4.09. The number of halogens is 2. The van der Waals surface area contributed by atoms with E-state index in [1.807, 2.05) is 12.1 Å². The van der Waals surface area contributed by atoms with Crippen molar-refractivity contribution in [3.63, 3.8) is 0 Å². The van der Waals surface area contributed by atoms with Gasteiger partial charge in [-0.3, -0.25) is 0 Å². The van der Waals surface area contributed by atoms with E-state index in [1.165, 1.54) is 10.8 Å². The summed E-state index contributed by atoms with van der Waals surface area (Å²) >= 11 is 16.2.